The van der Waals surface area contributed by atoms with Crippen molar-refractivity contribution >= 4 is 32.3 Å². The van der Waals surface area contributed by atoms with Gasteiger partial charge in [0.1, 0.15) is 0 Å². The van der Waals surface area contributed by atoms with Crippen molar-refractivity contribution in [2.24, 2.45) is 0 Å². The lowest BCUT2D eigenvalue weighted by molar-refractivity contribution is -0.384. The molecule has 0 bridgehead atoms. The summed E-state index contributed by atoms with van der Waals surface area (Å²) >= 11 is 0. The predicted octanol–water partition coefficient (Wildman–Crippen LogP) is 2.65. The molecule has 0 N–H and O–H groups in total. The molecule has 1 saturated heterocycles. The highest BCUT2D eigenvalue weighted by molar-refractivity contribution is 7.89. The Kier molecular flexibility index (Phi) is 4.70. The molecule has 0 spiro atoms. The number of aromatic nitrogens is 1. The SMILES string of the molecule is O=[N+]([O-])c1cccnc1N1CCN(S(=O)(=O)c2ccc3ccccc3c2)CC1. The van der Waals surface area contributed by atoms with Gasteiger partial charge in [0.25, 0.3) is 0 Å². The molecule has 0 radical (unpaired) electrons. The summed E-state index contributed by atoms with van der Waals surface area (Å²) < 4.78 is 27.5. The van der Waals surface area contributed by atoms with E-state index in [0.29, 0.717) is 13.1 Å². The first-order valence-electron chi connectivity index (χ1n) is 8.80. The van der Waals surface area contributed by atoms with Gasteiger partial charge in [-0.1, -0.05) is 30.3 Å². The molecule has 144 valence electrons. The minimum atomic E-state index is -3.63. The van der Waals surface area contributed by atoms with Gasteiger partial charge in [-0.2, -0.15) is 4.31 Å². The number of nitrogens with zero attached hydrogens (tertiary/aromatic N) is 4. The van der Waals surface area contributed by atoms with Crippen molar-refractivity contribution in [1.29, 1.82) is 0 Å². The second kappa shape index (κ2) is 7.17. The van der Waals surface area contributed by atoms with Crippen molar-refractivity contribution in [3.05, 3.63) is 70.9 Å². The number of rotatable bonds is 4. The Morgan fingerprint density at radius 3 is 2.36 bits per heavy atom. The Hall–Kier alpha value is -3.04. The molecule has 1 aromatic heterocycles. The van der Waals surface area contributed by atoms with Gasteiger partial charge in [-0.3, -0.25) is 10.1 Å². The molecule has 28 heavy (non-hydrogen) atoms. The van der Waals surface area contributed by atoms with Gasteiger partial charge in [-0.05, 0) is 29.0 Å². The third-order valence-corrected chi connectivity index (χ3v) is 6.75. The van der Waals surface area contributed by atoms with E-state index in [0.717, 1.165) is 10.8 Å². The van der Waals surface area contributed by atoms with Gasteiger partial charge in [-0.15, -0.1) is 0 Å². The maximum atomic E-state index is 13.0. The molecule has 0 aliphatic carbocycles. The van der Waals surface area contributed by atoms with E-state index < -0.39 is 14.9 Å². The molecule has 1 aliphatic heterocycles. The highest BCUT2D eigenvalue weighted by Crippen LogP contribution is 2.27. The number of hydrogen-bond acceptors (Lipinski definition) is 6. The first-order valence-corrected chi connectivity index (χ1v) is 10.2. The van der Waals surface area contributed by atoms with Crippen LogP contribution in [0.1, 0.15) is 0 Å². The van der Waals surface area contributed by atoms with Crippen LogP contribution in [-0.4, -0.2) is 48.8 Å². The van der Waals surface area contributed by atoms with E-state index in [1.807, 2.05) is 24.3 Å². The third-order valence-electron chi connectivity index (χ3n) is 4.86. The number of benzene rings is 2. The summed E-state index contributed by atoms with van der Waals surface area (Å²) in [7, 11) is -3.63. The van der Waals surface area contributed by atoms with Gasteiger partial charge in [0, 0.05) is 38.4 Å². The second-order valence-electron chi connectivity index (χ2n) is 6.50. The molecule has 4 rings (SSSR count). The van der Waals surface area contributed by atoms with Crippen molar-refractivity contribution in [3.8, 4) is 0 Å². The highest BCUT2D eigenvalue weighted by Gasteiger charge is 2.31. The molecular weight excluding hydrogens is 380 g/mol. The molecule has 2 aromatic carbocycles. The molecule has 0 saturated carbocycles. The topological polar surface area (TPSA) is 96.7 Å². The van der Waals surface area contributed by atoms with E-state index in [9.17, 15) is 18.5 Å². The fourth-order valence-electron chi connectivity index (χ4n) is 3.39. The summed E-state index contributed by atoms with van der Waals surface area (Å²) in [5.41, 5.74) is -0.0756. The zero-order chi connectivity index (χ0) is 19.7. The normalized spacial score (nSPS) is 15.6. The number of pyridine rings is 1. The fraction of sp³-hybridized carbons (Fsp3) is 0.211. The van der Waals surface area contributed by atoms with Crippen molar-refractivity contribution < 1.29 is 13.3 Å². The monoisotopic (exact) mass is 398 g/mol. The fourth-order valence-corrected chi connectivity index (χ4v) is 4.85. The maximum Gasteiger partial charge on any atom is 0.311 e. The van der Waals surface area contributed by atoms with Gasteiger partial charge in [0.05, 0.1) is 9.82 Å². The van der Waals surface area contributed by atoms with Crippen molar-refractivity contribution in [1.82, 2.24) is 9.29 Å². The van der Waals surface area contributed by atoms with Gasteiger partial charge < -0.3 is 4.90 Å². The predicted molar refractivity (Wildman–Crippen MR) is 106 cm³/mol. The van der Waals surface area contributed by atoms with Crippen LogP contribution >= 0.6 is 0 Å². The number of anilines is 1. The lowest BCUT2D eigenvalue weighted by Gasteiger charge is -2.34. The van der Waals surface area contributed by atoms with Crippen molar-refractivity contribution in [2.45, 2.75) is 4.90 Å². The zero-order valence-corrected chi connectivity index (χ0v) is 15.7. The highest BCUT2D eigenvalue weighted by atomic mass is 32.2. The Morgan fingerprint density at radius 2 is 1.64 bits per heavy atom. The van der Waals surface area contributed by atoms with Crippen LogP contribution in [-0.2, 0) is 10.0 Å². The van der Waals surface area contributed by atoms with Crippen LogP contribution in [0, 0.1) is 10.1 Å². The molecule has 0 amide bonds. The largest absolute Gasteiger partial charge is 0.348 e. The van der Waals surface area contributed by atoms with E-state index in [1.54, 1.807) is 23.1 Å². The first-order chi connectivity index (χ1) is 13.5. The molecule has 9 heteroatoms. The molecule has 1 fully saturated rings. The van der Waals surface area contributed by atoms with E-state index in [-0.39, 0.29) is 29.5 Å². The summed E-state index contributed by atoms with van der Waals surface area (Å²) in [5.74, 6) is 0.273. The molecule has 8 nitrogen and oxygen atoms in total. The lowest BCUT2D eigenvalue weighted by atomic mass is 10.1. The quantitative estimate of drug-likeness (QED) is 0.495. The summed E-state index contributed by atoms with van der Waals surface area (Å²) in [6.07, 6.45) is 1.50. The number of hydrogen-bond donors (Lipinski definition) is 0. The first kappa shape index (κ1) is 18.3. The van der Waals surface area contributed by atoms with Crippen LogP contribution in [0.5, 0.6) is 0 Å². The number of sulfonamides is 1. The van der Waals surface area contributed by atoms with Gasteiger partial charge in [0.2, 0.25) is 15.8 Å². The van der Waals surface area contributed by atoms with Crippen LogP contribution in [0.3, 0.4) is 0 Å². The Labute approximate surface area is 162 Å². The van der Waals surface area contributed by atoms with Crippen molar-refractivity contribution in [3.63, 3.8) is 0 Å². The molecule has 2 heterocycles. The summed E-state index contributed by atoms with van der Waals surface area (Å²) in [6.45, 7) is 1.15. The summed E-state index contributed by atoms with van der Waals surface area (Å²) in [6, 6.07) is 15.6. The average Bonchev–Trinajstić information content (AvgIpc) is 2.73. The number of fused-ring (bicyclic) bond motifs is 1. The van der Waals surface area contributed by atoms with E-state index in [1.165, 1.54) is 22.6 Å². The molecular formula is C19H18N4O4S. The molecule has 0 atom stereocenters. The van der Waals surface area contributed by atoms with Crippen molar-refractivity contribution in [2.75, 3.05) is 31.1 Å². The van der Waals surface area contributed by atoms with Crippen LogP contribution in [0.25, 0.3) is 10.8 Å². The maximum absolute atomic E-state index is 13.0. The standard InChI is InChI=1S/C19H18N4O4S/c24-23(25)18-6-3-9-20-19(18)21-10-12-22(13-11-21)28(26,27)17-8-7-15-4-1-2-5-16(15)14-17/h1-9,14H,10-13H2. The average molecular weight is 398 g/mol. The number of piperazine rings is 1. The lowest BCUT2D eigenvalue weighted by Crippen LogP contribution is -2.49. The third kappa shape index (κ3) is 3.30. The molecule has 3 aromatic rings. The molecule has 0 unspecified atom stereocenters. The Morgan fingerprint density at radius 1 is 0.929 bits per heavy atom. The van der Waals surface area contributed by atoms with Crippen LogP contribution < -0.4 is 4.90 Å². The van der Waals surface area contributed by atoms with E-state index in [2.05, 4.69) is 4.98 Å². The minimum Gasteiger partial charge on any atom is -0.348 e. The Bertz CT molecular complexity index is 1140. The van der Waals surface area contributed by atoms with Gasteiger partial charge in [0.15, 0.2) is 0 Å². The smallest absolute Gasteiger partial charge is 0.311 e. The van der Waals surface area contributed by atoms with E-state index in [4.69, 9.17) is 0 Å². The van der Waals surface area contributed by atoms with Crippen LogP contribution in [0.2, 0.25) is 0 Å². The molecule has 1 aliphatic rings. The van der Waals surface area contributed by atoms with Crippen LogP contribution in [0.4, 0.5) is 11.5 Å². The number of nitro groups is 1. The minimum absolute atomic E-state index is 0.0756. The van der Waals surface area contributed by atoms with Gasteiger partial charge in [-0.25, -0.2) is 13.4 Å². The summed E-state index contributed by atoms with van der Waals surface area (Å²) in [4.78, 5) is 16.9. The zero-order valence-electron chi connectivity index (χ0n) is 14.9. The van der Waals surface area contributed by atoms with E-state index >= 15 is 0 Å². The Balaban J connectivity index is 1.55. The van der Waals surface area contributed by atoms with Crippen LogP contribution in [0.15, 0.2) is 65.7 Å². The second-order valence-corrected chi connectivity index (χ2v) is 8.44. The summed E-state index contributed by atoms with van der Waals surface area (Å²) in [5, 5.41) is 13.1. The van der Waals surface area contributed by atoms with Gasteiger partial charge >= 0.3 is 5.69 Å².